The number of nitrogens with one attached hydrogen (secondary N) is 1. The summed E-state index contributed by atoms with van der Waals surface area (Å²) in [4.78, 5) is 15.7. The molecule has 1 aliphatic heterocycles. The number of nitrogens with zero attached hydrogens (tertiary/aromatic N) is 1. The summed E-state index contributed by atoms with van der Waals surface area (Å²) in [5.41, 5.74) is 0.289. The fraction of sp³-hybridized carbons (Fsp3) is 0.400. The largest absolute Gasteiger partial charge is 0.347 e. The highest BCUT2D eigenvalue weighted by atomic mass is 79.9. The van der Waals surface area contributed by atoms with Crippen molar-refractivity contribution in [1.29, 1.82) is 0 Å². The van der Waals surface area contributed by atoms with E-state index >= 15 is 0 Å². The summed E-state index contributed by atoms with van der Waals surface area (Å²) in [7, 11) is -2.97. The lowest BCUT2D eigenvalue weighted by atomic mass is 10.2. The van der Waals surface area contributed by atoms with Crippen molar-refractivity contribution in [2.24, 2.45) is 0 Å². The topological polar surface area (TPSA) is 76.1 Å². The molecule has 1 saturated heterocycles. The van der Waals surface area contributed by atoms with E-state index in [0.717, 1.165) is 4.47 Å². The van der Waals surface area contributed by atoms with E-state index in [9.17, 15) is 13.2 Å². The quantitative estimate of drug-likeness (QED) is 0.873. The van der Waals surface area contributed by atoms with Crippen LogP contribution in [0.5, 0.6) is 0 Å². The molecule has 1 N–H and O–H groups in total. The highest BCUT2D eigenvalue weighted by molar-refractivity contribution is 9.10. The first kappa shape index (κ1) is 12.5. The summed E-state index contributed by atoms with van der Waals surface area (Å²) in [6.07, 6.45) is 2.00. The lowest BCUT2D eigenvalue weighted by Crippen LogP contribution is -2.35. The molecule has 17 heavy (non-hydrogen) atoms. The van der Waals surface area contributed by atoms with Crippen molar-refractivity contribution in [3.8, 4) is 0 Å². The average molecular weight is 319 g/mol. The Kier molecular flexibility index (Phi) is 3.48. The SMILES string of the molecule is O=C(NC1CCS(=O)(=O)C1)c1ccc(Br)cn1. The molecular weight excluding hydrogens is 308 g/mol. The number of halogens is 1. The Morgan fingerprint density at radius 2 is 2.24 bits per heavy atom. The Labute approximate surface area is 108 Å². The van der Waals surface area contributed by atoms with Crippen molar-refractivity contribution >= 4 is 31.7 Å². The van der Waals surface area contributed by atoms with Crippen LogP contribution in [0.25, 0.3) is 0 Å². The zero-order chi connectivity index (χ0) is 12.5. The van der Waals surface area contributed by atoms with Gasteiger partial charge < -0.3 is 5.32 Å². The molecule has 92 valence electrons. The van der Waals surface area contributed by atoms with Crippen LogP contribution in [0.2, 0.25) is 0 Å². The lowest BCUT2D eigenvalue weighted by molar-refractivity contribution is 0.0936. The Bertz CT molecular complexity index is 527. The van der Waals surface area contributed by atoms with Gasteiger partial charge in [-0.1, -0.05) is 0 Å². The van der Waals surface area contributed by atoms with Gasteiger partial charge in [0, 0.05) is 16.7 Å². The standard InChI is InChI=1S/C10H11BrN2O3S/c11-7-1-2-9(12-5-7)10(14)13-8-3-4-17(15,16)6-8/h1-2,5,8H,3-4,6H2,(H,13,14). The van der Waals surface area contributed by atoms with Crippen molar-refractivity contribution in [3.05, 3.63) is 28.5 Å². The van der Waals surface area contributed by atoms with E-state index in [1.807, 2.05) is 0 Å². The number of aromatic nitrogens is 1. The fourth-order valence-electron chi connectivity index (χ4n) is 1.68. The number of pyridine rings is 1. The third-order valence-electron chi connectivity index (χ3n) is 2.53. The van der Waals surface area contributed by atoms with Gasteiger partial charge in [0.25, 0.3) is 5.91 Å². The minimum absolute atomic E-state index is 0.0231. The summed E-state index contributed by atoms with van der Waals surface area (Å²) in [5, 5.41) is 2.67. The maximum Gasteiger partial charge on any atom is 0.270 e. The Hall–Kier alpha value is -0.950. The van der Waals surface area contributed by atoms with E-state index in [0.29, 0.717) is 6.42 Å². The van der Waals surface area contributed by atoms with Gasteiger partial charge in [0.1, 0.15) is 5.69 Å². The van der Waals surface area contributed by atoms with E-state index in [-0.39, 0.29) is 29.1 Å². The van der Waals surface area contributed by atoms with Crippen molar-refractivity contribution < 1.29 is 13.2 Å². The molecular formula is C10H11BrN2O3S. The minimum atomic E-state index is -2.97. The molecule has 1 aromatic rings. The van der Waals surface area contributed by atoms with E-state index in [1.54, 1.807) is 12.1 Å². The molecule has 1 atom stereocenters. The molecule has 1 fully saturated rings. The fourth-order valence-corrected chi connectivity index (χ4v) is 3.59. The van der Waals surface area contributed by atoms with Gasteiger partial charge in [0.2, 0.25) is 0 Å². The second kappa shape index (κ2) is 4.73. The van der Waals surface area contributed by atoms with Gasteiger partial charge in [-0.25, -0.2) is 13.4 Å². The number of carbonyl (C=O) groups excluding carboxylic acids is 1. The number of amides is 1. The Balaban J connectivity index is 2.01. The normalized spacial score (nSPS) is 22.3. The van der Waals surface area contributed by atoms with E-state index < -0.39 is 9.84 Å². The van der Waals surface area contributed by atoms with Gasteiger partial charge in [-0.2, -0.15) is 0 Å². The third kappa shape index (κ3) is 3.26. The van der Waals surface area contributed by atoms with Crippen LogP contribution in [0.4, 0.5) is 0 Å². The highest BCUT2D eigenvalue weighted by Gasteiger charge is 2.29. The van der Waals surface area contributed by atoms with Gasteiger partial charge in [-0.3, -0.25) is 4.79 Å². The predicted molar refractivity (Wildman–Crippen MR) is 66.5 cm³/mol. The molecule has 0 bridgehead atoms. The van der Waals surface area contributed by atoms with Crippen LogP contribution in [0.3, 0.4) is 0 Å². The predicted octanol–water partition coefficient (Wildman–Crippen LogP) is 0.761. The maximum absolute atomic E-state index is 11.7. The van der Waals surface area contributed by atoms with Gasteiger partial charge in [-0.15, -0.1) is 0 Å². The van der Waals surface area contributed by atoms with Crippen LogP contribution in [0.1, 0.15) is 16.9 Å². The number of hydrogen-bond acceptors (Lipinski definition) is 4. The first-order valence-electron chi connectivity index (χ1n) is 5.09. The van der Waals surface area contributed by atoms with Crippen LogP contribution in [-0.4, -0.2) is 36.9 Å². The van der Waals surface area contributed by atoms with Gasteiger partial charge >= 0.3 is 0 Å². The molecule has 1 aromatic heterocycles. The van der Waals surface area contributed by atoms with E-state index in [2.05, 4.69) is 26.2 Å². The van der Waals surface area contributed by atoms with Crippen molar-refractivity contribution in [2.45, 2.75) is 12.5 Å². The molecule has 5 nitrogen and oxygen atoms in total. The zero-order valence-corrected chi connectivity index (χ0v) is 11.3. The lowest BCUT2D eigenvalue weighted by Gasteiger charge is -2.09. The third-order valence-corrected chi connectivity index (χ3v) is 4.76. The molecule has 2 heterocycles. The molecule has 0 spiro atoms. The Morgan fingerprint density at radius 3 is 2.76 bits per heavy atom. The molecule has 1 amide bonds. The van der Waals surface area contributed by atoms with E-state index in [1.165, 1.54) is 6.20 Å². The second-order valence-corrected chi connectivity index (χ2v) is 7.08. The summed E-state index contributed by atoms with van der Waals surface area (Å²) in [6, 6.07) is 3.01. The van der Waals surface area contributed by atoms with Crippen LogP contribution in [0.15, 0.2) is 22.8 Å². The summed E-state index contributed by atoms with van der Waals surface area (Å²) < 4.78 is 23.3. The van der Waals surface area contributed by atoms with E-state index in [4.69, 9.17) is 0 Å². The smallest absolute Gasteiger partial charge is 0.270 e. The van der Waals surface area contributed by atoms with Crippen molar-refractivity contribution in [3.63, 3.8) is 0 Å². The first-order valence-corrected chi connectivity index (χ1v) is 7.70. The minimum Gasteiger partial charge on any atom is -0.347 e. The van der Waals surface area contributed by atoms with Crippen molar-refractivity contribution in [1.82, 2.24) is 10.3 Å². The molecule has 1 aliphatic rings. The molecule has 0 radical (unpaired) electrons. The van der Waals surface area contributed by atoms with Crippen LogP contribution in [0, 0.1) is 0 Å². The summed E-state index contributed by atoms with van der Waals surface area (Å²) in [6.45, 7) is 0. The monoisotopic (exact) mass is 318 g/mol. The molecule has 0 aliphatic carbocycles. The number of carbonyl (C=O) groups is 1. The van der Waals surface area contributed by atoms with Crippen molar-refractivity contribution in [2.75, 3.05) is 11.5 Å². The van der Waals surface area contributed by atoms with Crippen LogP contribution >= 0.6 is 15.9 Å². The zero-order valence-electron chi connectivity index (χ0n) is 8.89. The summed E-state index contributed by atoms with van der Waals surface area (Å²) >= 11 is 3.22. The van der Waals surface area contributed by atoms with Gasteiger partial charge in [0.05, 0.1) is 11.5 Å². The van der Waals surface area contributed by atoms with Crippen LogP contribution in [-0.2, 0) is 9.84 Å². The van der Waals surface area contributed by atoms with Gasteiger partial charge in [0.15, 0.2) is 9.84 Å². The second-order valence-electron chi connectivity index (χ2n) is 3.94. The molecule has 2 rings (SSSR count). The first-order chi connectivity index (χ1) is 7.96. The molecule has 7 heteroatoms. The molecule has 0 saturated carbocycles. The highest BCUT2D eigenvalue weighted by Crippen LogP contribution is 2.12. The number of hydrogen-bond donors (Lipinski definition) is 1. The van der Waals surface area contributed by atoms with Crippen LogP contribution < -0.4 is 5.32 Å². The number of sulfone groups is 1. The average Bonchev–Trinajstić information content (AvgIpc) is 2.59. The number of rotatable bonds is 2. The van der Waals surface area contributed by atoms with Gasteiger partial charge in [-0.05, 0) is 34.5 Å². The summed E-state index contributed by atoms with van der Waals surface area (Å²) in [5.74, 6) is -0.166. The molecule has 1 unspecified atom stereocenters. The maximum atomic E-state index is 11.7. The molecule has 0 aromatic carbocycles. The Morgan fingerprint density at radius 1 is 1.47 bits per heavy atom.